The van der Waals surface area contributed by atoms with Crippen LogP contribution in [0.25, 0.3) is 0 Å². The lowest BCUT2D eigenvalue weighted by Gasteiger charge is -2.12. The van der Waals surface area contributed by atoms with Gasteiger partial charge in [0.15, 0.2) is 5.96 Å². The molecule has 0 saturated heterocycles. The smallest absolute Gasteiger partial charge is 0.252 e. The fourth-order valence-electron chi connectivity index (χ4n) is 2.24. The fourth-order valence-corrected chi connectivity index (χ4v) is 2.24. The molecule has 0 atom stereocenters. The highest BCUT2D eigenvalue weighted by Crippen LogP contribution is 1.99. The minimum atomic E-state index is -0.124. The zero-order chi connectivity index (χ0) is 17.7. The van der Waals surface area contributed by atoms with E-state index in [-0.39, 0.29) is 5.91 Å². The van der Waals surface area contributed by atoms with Crippen molar-refractivity contribution in [3.63, 3.8) is 0 Å². The van der Waals surface area contributed by atoms with E-state index in [2.05, 4.69) is 38.1 Å². The lowest BCUT2D eigenvalue weighted by Crippen LogP contribution is -2.41. The molecule has 1 aromatic carbocycles. The second-order valence-electron chi connectivity index (χ2n) is 5.42. The average Bonchev–Trinajstić information content (AvgIpc) is 2.66. The number of benzene rings is 1. The molecule has 132 valence electrons. The van der Waals surface area contributed by atoms with Gasteiger partial charge in [-0.05, 0) is 31.0 Å². The van der Waals surface area contributed by atoms with Gasteiger partial charge in [0.05, 0.1) is 5.56 Å². The molecule has 1 aromatic heterocycles. The predicted molar refractivity (Wildman–Crippen MR) is 101 cm³/mol. The van der Waals surface area contributed by atoms with E-state index in [0.717, 1.165) is 18.9 Å². The van der Waals surface area contributed by atoms with Gasteiger partial charge >= 0.3 is 0 Å². The van der Waals surface area contributed by atoms with Crippen molar-refractivity contribution < 1.29 is 4.79 Å². The quantitative estimate of drug-likeness (QED) is 0.388. The summed E-state index contributed by atoms with van der Waals surface area (Å²) < 4.78 is 0. The van der Waals surface area contributed by atoms with Crippen LogP contribution in [-0.4, -0.2) is 43.0 Å². The first-order valence-electron chi connectivity index (χ1n) is 8.54. The van der Waals surface area contributed by atoms with E-state index < -0.39 is 0 Å². The van der Waals surface area contributed by atoms with Crippen molar-refractivity contribution in [2.24, 2.45) is 4.99 Å². The number of aromatic nitrogens is 1. The SMILES string of the molecule is CCNC(=NCCc1ccccc1)NCCNC(=O)c1cccnc1. The minimum absolute atomic E-state index is 0.124. The van der Waals surface area contributed by atoms with Crippen molar-refractivity contribution in [1.29, 1.82) is 0 Å². The highest BCUT2D eigenvalue weighted by atomic mass is 16.1. The topological polar surface area (TPSA) is 78.4 Å². The number of aliphatic imine (C=N–C) groups is 1. The molecule has 1 amide bonds. The molecule has 1 heterocycles. The highest BCUT2D eigenvalue weighted by molar-refractivity contribution is 5.93. The molecule has 0 saturated carbocycles. The molecular weight excluding hydrogens is 314 g/mol. The summed E-state index contributed by atoms with van der Waals surface area (Å²) in [6.07, 6.45) is 4.10. The van der Waals surface area contributed by atoms with Crippen LogP contribution in [0, 0.1) is 0 Å². The van der Waals surface area contributed by atoms with Crippen LogP contribution in [0.3, 0.4) is 0 Å². The largest absolute Gasteiger partial charge is 0.357 e. The normalized spacial score (nSPS) is 11.0. The van der Waals surface area contributed by atoms with Crippen LogP contribution < -0.4 is 16.0 Å². The number of nitrogens with one attached hydrogen (secondary N) is 3. The number of carbonyl (C=O) groups excluding carboxylic acids is 1. The summed E-state index contributed by atoms with van der Waals surface area (Å²) in [5.41, 5.74) is 1.83. The van der Waals surface area contributed by atoms with Crippen molar-refractivity contribution in [3.8, 4) is 0 Å². The van der Waals surface area contributed by atoms with Crippen LogP contribution in [0.5, 0.6) is 0 Å². The molecule has 6 heteroatoms. The number of nitrogens with zero attached hydrogens (tertiary/aromatic N) is 2. The zero-order valence-electron chi connectivity index (χ0n) is 14.5. The Morgan fingerprint density at radius 3 is 2.56 bits per heavy atom. The van der Waals surface area contributed by atoms with Crippen molar-refractivity contribution in [2.75, 3.05) is 26.2 Å². The molecule has 0 aliphatic heterocycles. The maximum Gasteiger partial charge on any atom is 0.252 e. The third-order valence-corrected chi connectivity index (χ3v) is 3.48. The number of rotatable bonds is 8. The van der Waals surface area contributed by atoms with Crippen molar-refractivity contribution in [3.05, 3.63) is 66.0 Å². The molecule has 0 fully saturated rings. The van der Waals surface area contributed by atoms with E-state index in [9.17, 15) is 4.79 Å². The van der Waals surface area contributed by atoms with Crippen molar-refractivity contribution >= 4 is 11.9 Å². The number of guanidine groups is 1. The Bertz CT molecular complexity index is 658. The second kappa shape index (κ2) is 10.8. The Balaban J connectivity index is 1.71. The maximum atomic E-state index is 11.9. The van der Waals surface area contributed by atoms with E-state index in [0.29, 0.717) is 25.2 Å². The Kier molecular flexibility index (Phi) is 7.97. The molecule has 0 aliphatic rings. The molecule has 6 nitrogen and oxygen atoms in total. The van der Waals surface area contributed by atoms with E-state index >= 15 is 0 Å². The van der Waals surface area contributed by atoms with Crippen LogP contribution in [0.1, 0.15) is 22.8 Å². The van der Waals surface area contributed by atoms with Gasteiger partial charge in [0.2, 0.25) is 0 Å². The molecule has 0 unspecified atom stereocenters. The molecule has 0 aliphatic carbocycles. The van der Waals surface area contributed by atoms with E-state index in [4.69, 9.17) is 0 Å². The second-order valence-corrected chi connectivity index (χ2v) is 5.42. The molecule has 3 N–H and O–H groups in total. The van der Waals surface area contributed by atoms with E-state index in [1.165, 1.54) is 5.56 Å². The summed E-state index contributed by atoms with van der Waals surface area (Å²) >= 11 is 0. The van der Waals surface area contributed by atoms with Gasteiger partial charge < -0.3 is 16.0 Å². The zero-order valence-corrected chi connectivity index (χ0v) is 14.5. The lowest BCUT2D eigenvalue weighted by atomic mass is 10.2. The summed E-state index contributed by atoms with van der Waals surface area (Å²) in [7, 11) is 0. The van der Waals surface area contributed by atoms with Gasteiger partial charge in [-0.25, -0.2) is 0 Å². The van der Waals surface area contributed by atoms with Crippen LogP contribution in [0.2, 0.25) is 0 Å². The van der Waals surface area contributed by atoms with E-state index in [1.54, 1.807) is 24.5 Å². The number of amides is 1. The van der Waals surface area contributed by atoms with Crippen molar-refractivity contribution in [2.45, 2.75) is 13.3 Å². The molecule has 2 rings (SSSR count). The Morgan fingerprint density at radius 1 is 1.04 bits per heavy atom. The summed E-state index contributed by atoms with van der Waals surface area (Å²) in [5.74, 6) is 0.634. The van der Waals surface area contributed by atoms with Crippen LogP contribution >= 0.6 is 0 Å². The molecule has 0 spiro atoms. The summed E-state index contributed by atoms with van der Waals surface area (Å²) in [4.78, 5) is 20.4. The van der Waals surface area contributed by atoms with Gasteiger partial charge in [-0.3, -0.25) is 14.8 Å². The number of hydrogen-bond donors (Lipinski definition) is 3. The molecule has 0 radical (unpaired) electrons. The molecule has 2 aromatic rings. The van der Waals surface area contributed by atoms with Crippen LogP contribution in [-0.2, 0) is 6.42 Å². The first kappa shape index (κ1) is 18.4. The van der Waals surface area contributed by atoms with Crippen molar-refractivity contribution in [1.82, 2.24) is 20.9 Å². The third-order valence-electron chi connectivity index (χ3n) is 3.48. The Morgan fingerprint density at radius 2 is 1.84 bits per heavy atom. The summed E-state index contributed by atoms with van der Waals surface area (Å²) in [6.45, 7) is 4.64. The number of carbonyl (C=O) groups is 1. The lowest BCUT2D eigenvalue weighted by molar-refractivity contribution is 0.0954. The Labute approximate surface area is 148 Å². The predicted octanol–water partition coefficient (Wildman–Crippen LogP) is 1.61. The van der Waals surface area contributed by atoms with Gasteiger partial charge in [-0.15, -0.1) is 0 Å². The van der Waals surface area contributed by atoms with Gasteiger partial charge in [0.25, 0.3) is 5.91 Å². The van der Waals surface area contributed by atoms with Gasteiger partial charge in [0.1, 0.15) is 0 Å². The standard InChI is InChI=1S/C19H25N5O/c1-2-21-19(23-12-10-16-7-4-3-5-8-16)24-14-13-22-18(25)17-9-6-11-20-15-17/h3-9,11,15H,2,10,12-14H2,1H3,(H,22,25)(H2,21,23,24). The summed E-state index contributed by atoms with van der Waals surface area (Å²) in [5, 5.41) is 9.28. The van der Waals surface area contributed by atoms with Gasteiger partial charge in [0, 0.05) is 38.6 Å². The fraction of sp³-hybridized carbons (Fsp3) is 0.316. The number of pyridine rings is 1. The number of hydrogen-bond acceptors (Lipinski definition) is 3. The minimum Gasteiger partial charge on any atom is -0.357 e. The first-order valence-corrected chi connectivity index (χ1v) is 8.54. The monoisotopic (exact) mass is 339 g/mol. The highest BCUT2D eigenvalue weighted by Gasteiger charge is 2.04. The van der Waals surface area contributed by atoms with Crippen LogP contribution in [0.15, 0.2) is 59.9 Å². The molecule has 0 bridgehead atoms. The maximum absolute atomic E-state index is 11.9. The third kappa shape index (κ3) is 7.03. The summed E-state index contributed by atoms with van der Waals surface area (Å²) in [6, 6.07) is 13.8. The molecule has 25 heavy (non-hydrogen) atoms. The molecular formula is C19H25N5O. The van der Waals surface area contributed by atoms with Crippen LogP contribution in [0.4, 0.5) is 0 Å². The van der Waals surface area contributed by atoms with Gasteiger partial charge in [-0.1, -0.05) is 30.3 Å². The average molecular weight is 339 g/mol. The Hall–Kier alpha value is -2.89. The van der Waals surface area contributed by atoms with E-state index in [1.807, 2.05) is 25.1 Å². The first-order chi connectivity index (χ1) is 12.3. The van der Waals surface area contributed by atoms with Gasteiger partial charge in [-0.2, -0.15) is 0 Å².